The number of halogens is 1. The van der Waals surface area contributed by atoms with E-state index in [9.17, 15) is 13.2 Å². The highest BCUT2D eigenvalue weighted by Crippen LogP contribution is 2.38. The largest absolute Gasteiger partial charge is 0.493 e. The first kappa shape index (κ1) is 18.2. The summed E-state index contributed by atoms with van der Waals surface area (Å²) in [7, 11) is -2.37. The van der Waals surface area contributed by atoms with Crippen LogP contribution in [0.4, 0.5) is 0 Å². The second kappa shape index (κ2) is 6.96. The van der Waals surface area contributed by atoms with Gasteiger partial charge in [0.05, 0.1) is 24.1 Å². The van der Waals surface area contributed by atoms with E-state index in [0.29, 0.717) is 15.8 Å². The standard InChI is InChI=1S/C16H12BrNO7S/c1-22-13-8-9(6-10(17)14(13)25-26(2,20)21)7-11-16(19)24-15(18-11)12-4-3-5-23-12/h3-8H,1-2H3/b11-7-. The number of hydrogen-bond donors (Lipinski definition) is 0. The fraction of sp³-hybridized carbons (Fsp3) is 0.125. The van der Waals surface area contributed by atoms with E-state index in [2.05, 4.69) is 20.9 Å². The highest BCUT2D eigenvalue weighted by atomic mass is 79.9. The molecule has 26 heavy (non-hydrogen) atoms. The molecule has 3 rings (SSSR count). The number of carbonyl (C=O) groups excluding carboxylic acids is 1. The number of ether oxygens (including phenoxy) is 2. The van der Waals surface area contributed by atoms with Crippen LogP contribution in [-0.2, 0) is 19.6 Å². The molecule has 1 aromatic carbocycles. The van der Waals surface area contributed by atoms with Crippen LogP contribution in [0.2, 0.25) is 0 Å². The highest BCUT2D eigenvalue weighted by Gasteiger charge is 2.26. The summed E-state index contributed by atoms with van der Waals surface area (Å²) in [6.07, 6.45) is 3.83. The van der Waals surface area contributed by atoms with E-state index in [-0.39, 0.29) is 23.1 Å². The van der Waals surface area contributed by atoms with Crippen LogP contribution in [0.1, 0.15) is 11.3 Å². The lowest BCUT2D eigenvalue weighted by atomic mass is 10.1. The zero-order valence-electron chi connectivity index (χ0n) is 13.6. The Labute approximate surface area is 157 Å². The molecule has 0 fully saturated rings. The molecule has 10 heteroatoms. The van der Waals surface area contributed by atoms with Crippen molar-refractivity contribution in [2.24, 2.45) is 4.99 Å². The summed E-state index contributed by atoms with van der Waals surface area (Å²) in [4.78, 5) is 16.1. The summed E-state index contributed by atoms with van der Waals surface area (Å²) >= 11 is 3.23. The quantitative estimate of drug-likeness (QED) is 0.398. The number of hydrogen-bond acceptors (Lipinski definition) is 8. The molecule has 0 N–H and O–H groups in total. The number of benzene rings is 1. The fourth-order valence-electron chi connectivity index (χ4n) is 2.13. The van der Waals surface area contributed by atoms with E-state index in [1.165, 1.54) is 25.5 Å². The van der Waals surface area contributed by atoms with Crippen molar-refractivity contribution in [3.05, 3.63) is 52.0 Å². The number of esters is 1. The van der Waals surface area contributed by atoms with E-state index in [0.717, 1.165) is 6.26 Å². The zero-order valence-corrected chi connectivity index (χ0v) is 16.0. The van der Waals surface area contributed by atoms with E-state index in [1.54, 1.807) is 18.2 Å². The minimum atomic E-state index is -3.74. The van der Waals surface area contributed by atoms with Crippen molar-refractivity contribution in [2.75, 3.05) is 13.4 Å². The molecule has 0 unspecified atom stereocenters. The predicted molar refractivity (Wildman–Crippen MR) is 95.5 cm³/mol. The zero-order chi connectivity index (χ0) is 18.9. The number of furan rings is 1. The molecule has 136 valence electrons. The first-order valence-corrected chi connectivity index (χ1v) is 9.71. The van der Waals surface area contributed by atoms with Crippen LogP contribution >= 0.6 is 15.9 Å². The molecule has 2 heterocycles. The molecule has 0 radical (unpaired) electrons. The molecule has 2 aromatic rings. The number of rotatable bonds is 5. The lowest BCUT2D eigenvalue weighted by Crippen LogP contribution is -2.07. The average Bonchev–Trinajstić information content (AvgIpc) is 3.19. The maximum absolute atomic E-state index is 12.0. The van der Waals surface area contributed by atoms with Crippen LogP contribution in [0.5, 0.6) is 11.5 Å². The van der Waals surface area contributed by atoms with Crippen molar-refractivity contribution in [3.8, 4) is 11.5 Å². The summed E-state index contributed by atoms with van der Waals surface area (Å²) in [6, 6.07) is 6.33. The van der Waals surface area contributed by atoms with Gasteiger partial charge in [-0.15, -0.1) is 0 Å². The first-order valence-electron chi connectivity index (χ1n) is 7.10. The molecule has 1 aliphatic rings. The molecule has 0 saturated heterocycles. The first-order chi connectivity index (χ1) is 12.3. The normalized spacial score (nSPS) is 15.7. The third-order valence-electron chi connectivity index (χ3n) is 3.14. The summed E-state index contributed by atoms with van der Waals surface area (Å²) in [5, 5.41) is 0. The van der Waals surface area contributed by atoms with Crippen molar-refractivity contribution in [1.29, 1.82) is 0 Å². The average molecular weight is 442 g/mol. The van der Waals surface area contributed by atoms with Gasteiger partial charge in [-0.1, -0.05) is 0 Å². The van der Waals surface area contributed by atoms with Crippen LogP contribution in [0.15, 0.2) is 50.1 Å². The highest BCUT2D eigenvalue weighted by molar-refractivity contribution is 9.10. The number of aliphatic imine (C=N–C) groups is 1. The van der Waals surface area contributed by atoms with Gasteiger partial charge >= 0.3 is 16.1 Å². The molecule has 1 aromatic heterocycles. The van der Waals surface area contributed by atoms with Gasteiger partial charge in [-0.3, -0.25) is 0 Å². The van der Waals surface area contributed by atoms with Crippen molar-refractivity contribution in [1.82, 2.24) is 0 Å². The van der Waals surface area contributed by atoms with Crippen LogP contribution in [-0.4, -0.2) is 33.7 Å². The van der Waals surface area contributed by atoms with Crippen LogP contribution in [0.25, 0.3) is 6.08 Å². The van der Waals surface area contributed by atoms with Crippen LogP contribution in [0.3, 0.4) is 0 Å². The Balaban J connectivity index is 1.98. The Morgan fingerprint density at radius 3 is 2.69 bits per heavy atom. The summed E-state index contributed by atoms with van der Waals surface area (Å²) in [5.74, 6) is -0.0705. The van der Waals surface area contributed by atoms with Crippen LogP contribution in [0, 0.1) is 0 Å². The minimum Gasteiger partial charge on any atom is -0.493 e. The summed E-state index contributed by atoms with van der Waals surface area (Å²) in [6.45, 7) is 0. The number of cyclic esters (lactones) is 1. The number of nitrogens with zero attached hydrogens (tertiary/aromatic N) is 1. The SMILES string of the molecule is COc1cc(/C=C2\N=C(c3ccco3)OC2=O)cc(Br)c1OS(C)(=O)=O. The van der Waals surface area contributed by atoms with Gasteiger partial charge < -0.3 is 18.1 Å². The minimum absolute atomic E-state index is 0.00549. The van der Waals surface area contributed by atoms with Gasteiger partial charge in [0.15, 0.2) is 23.0 Å². The number of carbonyl (C=O) groups is 1. The summed E-state index contributed by atoms with van der Waals surface area (Å²) < 4.78 is 43.4. The molecule has 1 aliphatic heterocycles. The van der Waals surface area contributed by atoms with Crippen molar-refractivity contribution in [3.63, 3.8) is 0 Å². The van der Waals surface area contributed by atoms with Gasteiger partial charge in [0.2, 0.25) is 0 Å². The van der Waals surface area contributed by atoms with E-state index >= 15 is 0 Å². The van der Waals surface area contributed by atoms with Gasteiger partial charge in [0.1, 0.15) is 0 Å². The number of methoxy groups -OCH3 is 1. The molecule has 0 atom stereocenters. The van der Waals surface area contributed by atoms with Gasteiger partial charge in [-0.2, -0.15) is 8.42 Å². The molecular weight excluding hydrogens is 430 g/mol. The maximum Gasteiger partial charge on any atom is 0.363 e. The Morgan fingerprint density at radius 2 is 2.08 bits per heavy atom. The smallest absolute Gasteiger partial charge is 0.363 e. The monoisotopic (exact) mass is 441 g/mol. The van der Waals surface area contributed by atoms with Gasteiger partial charge in [0.25, 0.3) is 5.90 Å². The summed E-state index contributed by atoms with van der Waals surface area (Å²) in [5.41, 5.74) is 0.577. The Morgan fingerprint density at radius 1 is 1.31 bits per heavy atom. The molecule has 0 bridgehead atoms. The molecule has 0 spiro atoms. The van der Waals surface area contributed by atoms with Crippen molar-refractivity contribution >= 4 is 44.0 Å². The fourth-order valence-corrected chi connectivity index (χ4v) is 3.25. The molecule has 0 amide bonds. The lowest BCUT2D eigenvalue weighted by molar-refractivity contribution is -0.130. The van der Waals surface area contributed by atoms with Crippen LogP contribution < -0.4 is 8.92 Å². The predicted octanol–water partition coefficient (Wildman–Crippen LogP) is 2.73. The van der Waals surface area contributed by atoms with Gasteiger partial charge in [0, 0.05) is 0 Å². The Hall–Kier alpha value is -2.59. The van der Waals surface area contributed by atoms with E-state index in [4.69, 9.17) is 18.1 Å². The molecule has 0 saturated carbocycles. The van der Waals surface area contributed by atoms with E-state index in [1.807, 2.05) is 0 Å². The molecular formula is C16H12BrNO7S. The van der Waals surface area contributed by atoms with Crippen molar-refractivity contribution in [2.45, 2.75) is 0 Å². The Bertz CT molecular complexity index is 1020. The van der Waals surface area contributed by atoms with Crippen molar-refractivity contribution < 1.29 is 31.3 Å². The topological polar surface area (TPSA) is 104 Å². The second-order valence-electron chi connectivity index (χ2n) is 5.13. The second-order valence-corrected chi connectivity index (χ2v) is 7.56. The van der Waals surface area contributed by atoms with Gasteiger partial charge in [-0.05, 0) is 51.8 Å². The maximum atomic E-state index is 12.0. The van der Waals surface area contributed by atoms with Gasteiger partial charge in [-0.25, -0.2) is 9.79 Å². The Kier molecular flexibility index (Phi) is 4.88. The molecule has 0 aliphatic carbocycles. The lowest BCUT2D eigenvalue weighted by Gasteiger charge is -2.11. The van der Waals surface area contributed by atoms with E-state index < -0.39 is 16.1 Å². The third kappa shape index (κ3) is 3.97. The molecule has 8 nitrogen and oxygen atoms in total. The third-order valence-corrected chi connectivity index (χ3v) is 4.20.